The Morgan fingerprint density at radius 3 is 2.27 bits per heavy atom. The van der Waals surface area contributed by atoms with E-state index < -0.39 is 5.60 Å². The maximum Gasteiger partial charge on any atom is 0.310 e. The van der Waals surface area contributed by atoms with Gasteiger partial charge in [-0.1, -0.05) is 0 Å². The first-order chi connectivity index (χ1) is 10.3. The zero-order valence-corrected chi connectivity index (χ0v) is 14.2. The highest BCUT2D eigenvalue weighted by Gasteiger charge is 2.34. The molecule has 2 saturated heterocycles. The molecule has 0 bridgehead atoms. The van der Waals surface area contributed by atoms with Crippen LogP contribution < -0.4 is 5.32 Å². The van der Waals surface area contributed by atoms with Crippen molar-refractivity contribution in [3.05, 3.63) is 0 Å². The van der Waals surface area contributed by atoms with Crippen LogP contribution in [-0.4, -0.2) is 72.6 Å². The fraction of sp³-hybridized carbons (Fsp3) is 0.875. The molecular weight excluding hydrogens is 282 g/mol. The van der Waals surface area contributed by atoms with E-state index in [2.05, 4.69) is 10.2 Å². The zero-order valence-electron chi connectivity index (χ0n) is 14.2. The number of nitrogens with one attached hydrogen (secondary N) is 1. The van der Waals surface area contributed by atoms with Gasteiger partial charge in [0, 0.05) is 52.2 Å². The summed E-state index contributed by atoms with van der Waals surface area (Å²) in [5.41, 5.74) is -0.433. The predicted octanol–water partition coefficient (Wildman–Crippen LogP) is 0.470. The van der Waals surface area contributed by atoms with Crippen LogP contribution in [0.4, 0.5) is 0 Å². The van der Waals surface area contributed by atoms with Crippen molar-refractivity contribution in [2.45, 2.75) is 45.8 Å². The molecule has 2 atom stereocenters. The number of piperidine rings is 1. The lowest BCUT2D eigenvalue weighted by Gasteiger charge is -2.42. The molecule has 0 aromatic heterocycles. The lowest BCUT2D eigenvalue weighted by atomic mass is 9.94. The summed E-state index contributed by atoms with van der Waals surface area (Å²) >= 11 is 0. The second kappa shape index (κ2) is 6.96. The van der Waals surface area contributed by atoms with Crippen LogP contribution in [0, 0.1) is 5.92 Å². The highest BCUT2D eigenvalue weighted by Crippen LogP contribution is 2.21. The largest absolute Gasteiger partial charge is 0.460 e. The van der Waals surface area contributed by atoms with Crippen LogP contribution in [0.2, 0.25) is 0 Å². The van der Waals surface area contributed by atoms with Crippen LogP contribution >= 0.6 is 0 Å². The van der Waals surface area contributed by atoms with E-state index in [1.54, 1.807) is 6.92 Å². The van der Waals surface area contributed by atoms with Crippen LogP contribution in [0.25, 0.3) is 0 Å². The van der Waals surface area contributed by atoms with Gasteiger partial charge in [0.15, 0.2) is 0 Å². The van der Waals surface area contributed by atoms with Crippen molar-refractivity contribution in [2.24, 2.45) is 5.92 Å². The Hall–Kier alpha value is -1.14. The summed E-state index contributed by atoms with van der Waals surface area (Å²) < 4.78 is 5.51. The van der Waals surface area contributed by atoms with Gasteiger partial charge in [-0.05, 0) is 27.2 Å². The summed E-state index contributed by atoms with van der Waals surface area (Å²) in [5.74, 6) is -0.0380. The molecule has 0 saturated carbocycles. The molecule has 22 heavy (non-hydrogen) atoms. The fourth-order valence-electron chi connectivity index (χ4n) is 3.16. The number of piperazine rings is 1. The molecule has 0 aliphatic carbocycles. The number of carbonyl (C=O) groups is 2. The van der Waals surface area contributed by atoms with E-state index in [4.69, 9.17) is 4.74 Å². The van der Waals surface area contributed by atoms with Crippen LogP contribution in [-0.2, 0) is 14.3 Å². The van der Waals surface area contributed by atoms with Gasteiger partial charge in [-0.15, -0.1) is 0 Å². The number of carbonyl (C=O) groups excluding carboxylic acids is 2. The zero-order chi connectivity index (χ0) is 16.3. The average molecular weight is 311 g/mol. The van der Waals surface area contributed by atoms with Crippen molar-refractivity contribution >= 4 is 11.9 Å². The Morgan fingerprint density at radius 1 is 1.09 bits per heavy atom. The van der Waals surface area contributed by atoms with Gasteiger partial charge in [0.25, 0.3) is 0 Å². The third-order valence-electron chi connectivity index (χ3n) is 4.34. The topological polar surface area (TPSA) is 61.9 Å². The number of esters is 1. The Labute approximate surface area is 133 Å². The van der Waals surface area contributed by atoms with Crippen LogP contribution in [0.5, 0.6) is 0 Å². The summed E-state index contributed by atoms with van der Waals surface area (Å²) in [6.07, 6.45) is 0.835. The van der Waals surface area contributed by atoms with E-state index >= 15 is 0 Å². The Balaban J connectivity index is 1.86. The summed E-state index contributed by atoms with van der Waals surface area (Å²) in [6.45, 7) is 12.2. The van der Waals surface area contributed by atoms with E-state index in [1.807, 2.05) is 25.7 Å². The van der Waals surface area contributed by atoms with Crippen molar-refractivity contribution in [3.63, 3.8) is 0 Å². The van der Waals surface area contributed by atoms with Crippen molar-refractivity contribution in [3.8, 4) is 0 Å². The summed E-state index contributed by atoms with van der Waals surface area (Å²) in [6, 6.07) is 0.348. The Kier molecular flexibility index (Phi) is 5.45. The van der Waals surface area contributed by atoms with Gasteiger partial charge in [0.05, 0.1) is 5.92 Å². The molecule has 6 nitrogen and oxygen atoms in total. The summed E-state index contributed by atoms with van der Waals surface area (Å²) in [7, 11) is 0. The van der Waals surface area contributed by atoms with Gasteiger partial charge in [0.2, 0.25) is 5.91 Å². The lowest BCUT2D eigenvalue weighted by molar-refractivity contribution is -0.161. The maximum absolute atomic E-state index is 12.2. The number of hydrogen-bond donors (Lipinski definition) is 1. The molecule has 2 aliphatic rings. The standard InChI is InChI=1S/C16H29N3O3/c1-12(20)18-5-7-19(8-6-18)14-9-13(10-17-11-14)15(21)22-16(2,3)4/h13-14,17H,5-11H2,1-4H3/t13-,14-/m0/s1. The first kappa shape index (κ1) is 17.2. The minimum Gasteiger partial charge on any atom is -0.460 e. The van der Waals surface area contributed by atoms with Crippen molar-refractivity contribution < 1.29 is 14.3 Å². The molecule has 0 aromatic carbocycles. The van der Waals surface area contributed by atoms with Crippen molar-refractivity contribution in [2.75, 3.05) is 39.3 Å². The van der Waals surface area contributed by atoms with Crippen LogP contribution in [0.1, 0.15) is 34.1 Å². The van der Waals surface area contributed by atoms with Crippen molar-refractivity contribution in [1.82, 2.24) is 15.1 Å². The third kappa shape index (κ3) is 4.68. The maximum atomic E-state index is 12.2. The molecule has 0 unspecified atom stereocenters. The minimum atomic E-state index is -0.433. The molecule has 1 N–H and O–H groups in total. The third-order valence-corrected chi connectivity index (χ3v) is 4.34. The number of nitrogens with zero attached hydrogens (tertiary/aromatic N) is 2. The number of hydrogen-bond acceptors (Lipinski definition) is 5. The highest BCUT2D eigenvalue weighted by atomic mass is 16.6. The predicted molar refractivity (Wildman–Crippen MR) is 84.4 cm³/mol. The molecule has 2 heterocycles. The molecule has 1 amide bonds. The second-order valence-corrected chi connectivity index (χ2v) is 7.32. The monoisotopic (exact) mass is 311 g/mol. The van der Waals surface area contributed by atoms with E-state index in [-0.39, 0.29) is 17.8 Å². The van der Waals surface area contributed by atoms with Crippen LogP contribution in [0.15, 0.2) is 0 Å². The van der Waals surface area contributed by atoms with E-state index in [0.717, 1.165) is 39.1 Å². The Morgan fingerprint density at radius 2 is 1.73 bits per heavy atom. The molecule has 0 aromatic rings. The molecular formula is C16H29N3O3. The molecule has 2 rings (SSSR count). The van der Waals surface area contributed by atoms with Gasteiger partial charge in [-0.3, -0.25) is 14.5 Å². The van der Waals surface area contributed by atoms with Gasteiger partial charge >= 0.3 is 5.97 Å². The quantitative estimate of drug-likeness (QED) is 0.751. The van der Waals surface area contributed by atoms with Crippen molar-refractivity contribution in [1.29, 1.82) is 0 Å². The first-order valence-electron chi connectivity index (χ1n) is 8.19. The fourth-order valence-corrected chi connectivity index (χ4v) is 3.16. The highest BCUT2D eigenvalue weighted by molar-refractivity contribution is 5.73. The molecule has 0 spiro atoms. The van der Waals surface area contributed by atoms with E-state index in [0.29, 0.717) is 12.6 Å². The molecule has 2 fully saturated rings. The van der Waals surface area contributed by atoms with Gasteiger partial charge in [-0.2, -0.15) is 0 Å². The number of amides is 1. The summed E-state index contributed by atoms with van der Waals surface area (Å²) in [5, 5.41) is 3.36. The van der Waals surface area contributed by atoms with Gasteiger partial charge in [0.1, 0.15) is 5.60 Å². The number of rotatable bonds is 2. The van der Waals surface area contributed by atoms with Crippen LogP contribution in [0.3, 0.4) is 0 Å². The number of ether oxygens (including phenoxy) is 1. The molecule has 6 heteroatoms. The molecule has 2 aliphatic heterocycles. The Bertz CT molecular complexity index is 411. The van der Waals surface area contributed by atoms with E-state index in [1.165, 1.54) is 0 Å². The molecule has 0 radical (unpaired) electrons. The normalized spacial score (nSPS) is 27.5. The lowest BCUT2D eigenvalue weighted by Crippen LogP contribution is -2.57. The van der Waals surface area contributed by atoms with E-state index in [9.17, 15) is 9.59 Å². The summed E-state index contributed by atoms with van der Waals surface area (Å²) in [4.78, 5) is 27.9. The van der Waals surface area contributed by atoms with Gasteiger partial charge in [-0.25, -0.2) is 0 Å². The average Bonchev–Trinajstić information content (AvgIpc) is 2.46. The first-order valence-corrected chi connectivity index (χ1v) is 8.19. The second-order valence-electron chi connectivity index (χ2n) is 7.32. The smallest absolute Gasteiger partial charge is 0.310 e. The SMILES string of the molecule is CC(=O)N1CCN([C@@H]2CNC[C@@H](C(=O)OC(C)(C)C)C2)CC1. The minimum absolute atomic E-state index is 0.0798. The van der Waals surface area contributed by atoms with Gasteiger partial charge < -0.3 is 15.0 Å². The molecule has 126 valence electrons.